The highest BCUT2D eigenvalue weighted by Crippen LogP contribution is 2.16. The van der Waals surface area contributed by atoms with Crippen molar-refractivity contribution >= 4 is 5.91 Å². The number of amides is 1. The van der Waals surface area contributed by atoms with E-state index in [-0.39, 0.29) is 5.91 Å². The van der Waals surface area contributed by atoms with Crippen LogP contribution in [0, 0.1) is 0 Å². The summed E-state index contributed by atoms with van der Waals surface area (Å²) in [4.78, 5) is 16.7. The number of aryl methyl sites for hydroxylation is 1. The van der Waals surface area contributed by atoms with Crippen molar-refractivity contribution in [2.75, 3.05) is 32.7 Å². The molecule has 0 bridgehead atoms. The summed E-state index contributed by atoms with van der Waals surface area (Å²) in [5.41, 5.74) is 5.68. The molecule has 1 aromatic heterocycles. The normalized spacial score (nSPS) is 18.0. The minimum atomic E-state index is 0.0150. The predicted octanol–water partition coefficient (Wildman–Crippen LogP) is 1.73. The molecule has 0 spiro atoms. The second-order valence-electron chi connectivity index (χ2n) is 5.59. The lowest BCUT2D eigenvalue weighted by atomic mass is 10.1. The van der Waals surface area contributed by atoms with Crippen LogP contribution in [0.3, 0.4) is 0 Å². The smallest absolute Gasteiger partial charge is 0.289 e. The van der Waals surface area contributed by atoms with Crippen molar-refractivity contribution in [2.45, 2.75) is 39.2 Å². The lowest BCUT2D eigenvalue weighted by molar-refractivity contribution is 0.0527. The molecule has 1 saturated heterocycles. The van der Waals surface area contributed by atoms with Crippen LogP contribution >= 0.6 is 0 Å². The van der Waals surface area contributed by atoms with Gasteiger partial charge in [0.05, 0.1) is 0 Å². The third-order valence-corrected chi connectivity index (χ3v) is 4.31. The van der Waals surface area contributed by atoms with Crippen LogP contribution in [0.5, 0.6) is 0 Å². The lowest BCUT2D eigenvalue weighted by Gasteiger charge is -2.38. The van der Waals surface area contributed by atoms with Crippen LogP contribution in [0.25, 0.3) is 0 Å². The Morgan fingerprint density at radius 1 is 1.29 bits per heavy atom. The zero-order valence-electron chi connectivity index (χ0n) is 13.2. The van der Waals surface area contributed by atoms with Crippen molar-refractivity contribution in [1.82, 2.24) is 9.80 Å². The standard InChI is InChI=1S/C16H27N3O2/c1-3-13(7-8-17)18-9-11-19(12-10-18)16(20)15-6-5-14(4-2)21-15/h5-6,13H,3-4,7-12,17H2,1-2H3. The van der Waals surface area contributed by atoms with Gasteiger partial charge < -0.3 is 15.1 Å². The summed E-state index contributed by atoms with van der Waals surface area (Å²) in [7, 11) is 0. The predicted molar refractivity (Wildman–Crippen MR) is 83.3 cm³/mol. The van der Waals surface area contributed by atoms with Crippen LogP contribution in [0.4, 0.5) is 0 Å². The van der Waals surface area contributed by atoms with E-state index in [9.17, 15) is 4.79 Å². The third kappa shape index (κ3) is 3.86. The van der Waals surface area contributed by atoms with Crippen molar-refractivity contribution in [3.8, 4) is 0 Å². The quantitative estimate of drug-likeness (QED) is 0.867. The minimum Gasteiger partial charge on any atom is -0.456 e. The van der Waals surface area contributed by atoms with Crippen LogP contribution < -0.4 is 5.73 Å². The zero-order chi connectivity index (χ0) is 15.2. The lowest BCUT2D eigenvalue weighted by Crippen LogP contribution is -2.52. The maximum atomic E-state index is 12.4. The van der Waals surface area contributed by atoms with Gasteiger partial charge in [0.15, 0.2) is 5.76 Å². The number of piperazine rings is 1. The third-order valence-electron chi connectivity index (χ3n) is 4.31. The fourth-order valence-electron chi connectivity index (χ4n) is 2.97. The SMILES string of the molecule is CCc1ccc(C(=O)N2CCN(C(CC)CCN)CC2)o1. The maximum absolute atomic E-state index is 12.4. The Labute approximate surface area is 127 Å². The van der Waals surface area contributed by atoms with E-state index in [1.54, 1.807) is 6.07 Å². The molecule has 1 unspecified atom stereocenters. The molecule has 1 aliphatic heterocycles. The second kappa shape index (κ2) is 7.61. The van der Waals surface area contributed by atoms with Gasteiger partial charge in [-0.1, -0.05) is 13.8 Å². The van der Waals surface area contributed by atoms with Gasteiger partial charge in [0, 0.05) is 38.6 Å². The van der Waals surface area contributed by atoms with Crippen LogP contribution in [0.2, 0.25) is 0 Å². The summed E-state index contributed by atoms with van der Waals surface area (Å²) < 4.78 is 5.56. The van der Waals surface area contributed by atoms with Crippen molar-refractivity contribution in [1.29, 1.82) is 0 Å². The van der Waals surface area contributed by atoms with Crippen molar-refractivity contribution < 1.29 is 9.21 Å². The first-order valence-electron chi connectivity index (χ1n) is 8.01. The van der Waals surface area contributed by atoms with E-state index in [1.807, 2.05) is 17.9 Å². The molecule has 0 radical (unpaired) electrons. The fourth-order valence-corrected chi connectivity index (χ4v) is 2.97. The largest absolute Gasteiger partial charge is 0.456 e. The first-order valence-corrected chi connectivity index (χ1v) is 8.01. The number of carbonyl (C=O) groups excluding carboxylic acids is 1. The summed E-state index contributed by atoms with van der Waals surface area (Å²) in [5.74, 6) is 1.35. The van der Waals surface area contributed by atoms with Gasteiger partial charge in [0.2, 0.25) is 0 Å². The molecule has 0 saturated carbocycles. The molecule has 0 aromatic carbocycles. The molecule has 1 atom stereocenters. The van der Waals surface area contributed by atoms with E-state index < -0.39 is 0 Å². The number of hydrogen-bond donors (Lipinski definition) is 1. The minimum absolute atomic E-state index is 0.0150. The van der Waals surface area contributed by atoms with Gasteiger partial charge in [-0.05, 0) is 31.5 Å². The number of nitrogens with zero attached hydrogens (tertiary/aromatic N) is 2. The molecular weight excluding hydrogens is 266 g/mol. The Morgan fingerprint density at radius 3 is 2.52 bits per heavy atom. The van der Waals surface area contributed by atoms with E-state index in [0.717, 1.165) is 57.7 Å². The maximum Gasteiger partial charge on any atom is 0.289 e. The highest BCUT2D eigenvalue weighted by Gasteiger charge is 2.26. The molecule has 2 rings (SSSR count). The van der Waals surface area contributed by atoms with Gasteiger partial charge in [0.1, 0.15) is 5.76 Å². The Bertz CT molecular complexity index is 450. The summed E-state index contributed by atoms with van der Waals surface area (Å²) in [6.07, 6.45) is 2.96. The van der Waals surface area contributed by atoms with E-state index in [4.69, 9.17) is 10.2 Å². The van der Waals surface area contributed by atoms with Crippen molar-refractivity contribution in [3.05, 3.63) is 23.7 Å². The Hall–Kier alpha value is -1.33. The van der Waals surface area contributed by atoms with Gasteiger partial charge in [0.25, 0.3) is 5.91 Å². The van der Waals surface area contributed by atoms with Crippen LogP contribution in [0.1, 0.15) is 43.0 Å². The second-order valence-corrected chi connectivity index (χ2v) is 5.59. The molecule has 1 amide bonds. The van der Waals surface area contributed by atoms with Gasteiger partial charge in [-0.2, -0.15) is 0 Å². The molecule has 5 heteroatoms. The molecule has 2 heterocycles. The molecule has 118 valence electrons. The molecular formula is C16H27N3O2. The van der Waals surface area contributed by atoms with Crippen molar-refractivity contribution in [3.63, 3.8) is 0 Å². The topological polar surface area (TPSA) is 62.7 Å². The van der Waals surface area contributed by atoms with Gasteiger partial charge in [-0.3, -0.25) is 9.69 Å². The van der Waals surface area contributed by atoms with Gasteiger partial charge in [-0.15, -0.1) is 0 Å². The number of nitrogens with two attached hydrogens (primary N) is 1. The molecule has 1 aliphatic rings. The number of furan rings is 1. The van der Waals surface area contributed by atoms with E-state index >= 15 is 0 Å². The highest BCUT2D eigenvalue weighted by atomic mass is 16.4. The van der Waals surface area contributed by atoms with E-state index in [0.29, 0.717) is 11.8 Å². The summed E-state index contributed by atoms with van der Waals surface area (Å²) in [6, 6.07) is 4.22. The molecule has 5 nitrogen and oxygen atoms in total. The number of rotatable bonds is 6. The van der Waals surface area contributed by atoms with Gasteiger partial charge >= 0.3 is 0 Å². The first kappa shape index (κ1) is 16.0. The highest BCUT2D eigenvalue weighted by molar-refractivity contribution is 5.91. The summed E-state index contributed by atoms with van der Waals surface area (Å²) in [6.45, 7) is 8.33. The average Bonchev–Trinajstić information content (AvgIpc) is 3.01. The summed E-state index contributed by atoms with van der Waals surface area (Å²) in [5, 5.41) is 0. The molecule has 1 fully saturated rings. The zero-order valence-corrected chi connectivity index (χ0v) is 13.2. The van der Waals surface area contributed by atoms with Gasteiger partial charge in [-0.25, -0.2) is 0 Å². The molecule has 21 heavy (non-hydrogen) atoms. The first-order chi connectivity index (χ1) is 10.2. The Balaban J connectivity index is 1.89. The number of carbonyl (C=O) groups is 1. The Kier molecular flexibility index (Phi) is 5.82. The van der Waals surface area contributed by atoms with Crippen molar-refractivity contribution in [2.24, 2.45) is 5.73 Å². The molecule has 2 N–H and O–H groups in total. The average molecular weight is 293 g/mol. The van der Waals surface area contributed by atoms with E-state index in [1.165, 1.54) is 0 Å². The monoisotopic (exact) mass is 293 g/mol. The molecule has 1 aromatic rings. The molecule has 0 aliphatic carbocycles. The van der Waals surface area contributed by atoms with Crippen LogP contribution in [0.15, 0.2) is 16.5 Å². The Morgan fingerprint density at radius 2 is 2.00 bits per heavy atom. The van der Waals surface area contributed by atoms with E-state index in [2.05, 4.69) is 11.8 Å². The fraction of sp³-hybridized carbons (Fsp3) is 0.688. The van der Waals surface area contributed by atoms with Crippen LogP contribution in [-0.2, 0) is 6.42 Å². The number of hydrogen-bond acceptors (Lipinski definition) is 4. The van der Waals surface area contributed by atoms with Crippen LogP contribution in [-0.4, -0.2) is 54.5 Å². The summed E-state index contributed by atoms with van der Waals surface area (Å²) >= 11 is 0.